The van der Waals surface area contributed by atoms with E-state index in [0.717, 1.165) is 38.3 Å². The van der Waals surface area contributed by atoms with Gasteiger partial charge in [0.25, 0.3) is 6.43 Å². The number of halogens is 3. The summed E-state index contributed by atoms with van der Waals surface area (Å²) in [5.74, 6) is -0.228. The number of hydrogen-bond donors (Lipinski definition) is 1. The second kappa shape index (κ2) is 9.39. The maximum Gasteiger partial charge on any atom is 0.280 e. The predicted molar refractivity (Wildman–Crippen MR) is 105 cm³/mol. The molecule has 2 aromatic rings. The number of nitrogens with zero attached hydrogens (tertiary/aromatic N) is 3. The number of anilines is 1. The summed E-state index contributed by atoms with van der Waals surface area (Å²) in [6.45, 7) is 8.95. The average Bonchev–Trinajstić information content (AvgIpc) is 2.72. The molecule has 2 heterocycles. The summed E-state index contributed by atoms with van der Waals surface area (Å²) in [6.07, 6.45) is -2.58. The van der Waals surface area contributed by atoms with E-state index in [4.69, 9.17) is 0 Å². The van der Waals surface area contributed by atoms with Gasteiger partial charge >= 0.3 is 0 Å². The average molecular weight is 392 g/mol. The molecule has 0 radical (unpaired) electrons. The molecule has 1 fully saturated rings. The van der Waals surface area contributed by atoms with Crippen LogP contribution in [-0.2, 0) is 6.54 Å². The monoisotopic (exact) mass is 392 g/mol. The highest BCUT2D eigenvalue weighted by Gasteiger charge is 2.19. The zero-order chi connectivity index (χ0) is 20.1. The van der Waals surface area contributed by atoms with Gasteiger partial charge in [0.2, 0.25) is 0 Å². The topological polar surface area (TPSA) is 31.4 Å². The number of pyridine rings is 1. The first-order chi connectivity index (χ1) is 13.5. The molecule has 152 valence electrons. The number of piperazine rings is 1. The molecular formula is C21H27F3N4. The molecule has 1 saturated heterocycles. The van der Waals surface area contributed by atoms with E-state index in [9.17, 15) is 13.2 Å². The van der Waals surface area contributed by atoms with Gasteiger partial charge in [0.15, 0.2) is 0 Å². The Bertz CT molecular complexity index is 776. The molecule has 4 nitrogen and oxygen atoms in total. The van der Waals surface area contributed by atoms with Gasteiger partial charge in [0, 0.05) is 38.8 Å². The molecule has 0 saturated carbocycles. The van der Waals surface area contributed by atoms with Crippen molar-refractivity contribution in [1.82, 2.24) is 15.2 Å². The third-order valence-corrected chi connectivity index (χ3v) is 5.27. The van der Waals surface area contributed by atoms with Crippen molar-refractivity contribution in [2.45, 2.75) is 32.9 Å². The molecule has 1 aromatic heterocycles. The van der Waals surface area contributed by atoms with Crippen molar-refractivity contribution < 1.29 is 13.2 Å². The molecule has 0 bridgehead atoms. The fraction of sp³-hybridized carbons (Fsp3) is 0.476. The van der Waals surface area contributed by atoms with Gasteiger partial charge in [-0.25, -0.2) is 13.2 Å². The molecular weight excluding hydrogens is 365 g/mol. The molecule has 1 aliphatic heterocycles. The molecule has 3 rings (SSSR count). The lowest BCUT2D eigenvalue weighted by Gasteiger charge is -2.35. The second-order valence-electron chi connectivity index (χ2n) is 7.09. The van der Waals surface area contributed by atoms with Gasteiger partial charge in [-0.3, -0.25) is 4.98 Å². The predicted octanol–water partition coefficient (Wildman–Crippen LogP) is 4.15. The minimum Gasteiger partial charge on any atom is -0.367 e. The van der Waals surface area contributed by atoms with Crippen LogP contribution in [0.2, 0.25) is 0 Å². The summed E-state index contributed by atoms with van der Waals surface area (Å²) in [5.41, 5.74) is 1.76. The standard InChI is InChI=1S/C21H27F3N4/c1-3-27-9-11-28(12-10-27)20-8-7-16(13-18(20)22)15(2)25-14-17-5-4-6-19(26-17)21(23)24/h4-8,13,15,21,25H,3,9-12,14H2,1-2H3. The number of benzene rings is 1. The molecule has 28 heavy (non-hydrogen) atoms. The van der Waals surface area contributed by atoms with Crippen LogP contribution in [-0.4, -0.2) is 42.6 Å². The van der Waals surface area contributed by atoms with Crippen molar-refractivity contribution in [3.8, 4) is 0 Å². The first-order valence-corrected chi connectivity index (χ1v) is 9.72. The number of rotatable bonds is 7. The van der Waals surface area contributed by atoms with Crippen LogP contribution in [0.1, 0.15) is 43.3 Å². The number of alkyl halides is 2. The van der Waals surface area contributed by atoms with Gasteiger partial charge in [-0.05, 0) is 43.3 Å². The molecule has 0 spiro atoms. The Balaban J connectivity index is 1.61. The highest BCUT2D eigenvalue weighted by atomic mass is 19.3. The van der Waals surface area contributed by atoms with E-state index in [1.165, 1.54) is 6.07 Å². The number of likely N-dealkylation sites (N-methyl/N-ethyl adjacent to an activating group) is 1. The van der Waals surface area contributed by atoms with E-state index < -0.39 is 6.43 Å². The van der Waals surface area contributed by atoms with Gasteiger partial charge in [-0.1, -0.05) is 19.1 Å². The van der Waals surface area contributed by atoms with Crippen LogP contribution >= 0.6 is 0 Å². The molecule has 1 atom stereocenters. The van der Waals surface area contributed by atoms with Crippen molar-refractivity contribution >= 4 is 5.69 Å². The maximum atomic E-state index is 14.7. The van der Waals surface area contributed by atoms with Crippen molar-refractivity contribution in [2.75, 3.05) is 37.6 Å². The molecule has 7 heteroatoms. The van der Waals surface area contributed by atoms with Gasteiger partial charge in [-0.15, -0.1) is 0 Å². The Morgan fingerprint density at radius 3 is 2.50 bits per heavy atom. The lowest BCUT2D eigenvalue weighted by molar-refractivity contribution is 0.145. The highest BCUT2D eigenvalue weighted by molar-refractivity contribution is 5.50. The zero-order valence-electron chi connectivity index (χ0n) is 16.3. The van der Waals surface area contributed by atoms with E-state index in [1.54, 1.807) is 18.2 Å². The fourth-order valence-corrected chi connectivity index (χ4v) is 3.45. The SMILES string of the molecule is CCN1CCN(c2ccc(C(C)NCc3cccc(C(F)F)n3)cc2F)CC1. The summed E-state index contributed by atoms with van der Waals surface area (Å²) in [4.78, 5) is 8.39. The Hall–Kier alpha value is -2.12. The van der Waals surface area contributed by atoms with Gasteiger partial charge in [0.1, 0.15) is 11.5 Å². The minimum atomic E-state index is -2.58. The van der Waals surface area contributed by atoms with E-state index in [-0.39, 0.29) is 17.6 Å². The highest BCUT2D eigenvalue weighted by Crippen LogP contribution is 2.25. The second-order valence-corrected chi connectivity index (χ2v) is 7.09. The molecule has 1 unspecified atom stereocenters. The van der Waals surface area contributed by atoms with Gasteiger partial charge in [-0.2, -0.15) is 0 Å². The van der Waals surface area contributed by atoms with Crippen LogP contribution < -0.4 is 10.2 Å². The molecule has 1 N–H and O–H groups in total. The molecule has 1 aromatic carbocycles. The first kappa shape index (κ1) is 20.6. The van der Waals surface area contributed by atoms with Crippen LogP contribution in [0.5, 0.6) is 0 Å². The Morgan fingerprint density at radius 1 is 1.11 bits per heavy atom. The summed E-state index contributed by atoms with van der Waals surface area (Å²) in [6, 6.07) is 9.77. The normalized spacial score (nSPS) is 16.6. The summed E-state index contributed by atoms with van der Waals surface area (Å²) < 4.78 is 40.2. The summed E-state index contributed by atoms with van der Waals surface area (Å²) in [5, 5.41) is 3.23. The third kappa shape index (κ3) is 5.02. The Kier molecular flexibility index (Phi) is 6.91. The summed E-state index contributed by atoms with van der Waals surface area (Å²) in [7, 11) is 0. The van der Waals surface area contributed by atoms with E-state index in [0.29, 0.717) is 17.9 Å². The third-order valence-electron chi connectivity index (χ3n) is 5.27. The van der Waals surface area contributed by atoms with E-state index >= 15 is 0 Å². The fourth-order valence-electron chi connectivity index (χ4n) is 3.45. The van der Waals surface area contributed by atoms with Crippen molar-refractivity contribution in [1.29, 1.82) is 0 Å². The minimum absolute atomic E-state index is 0.127. The van der Waals surface area contributed by atoms with Crippen LogP contribution in [0.15, 0.2) is 36.4 Å². The van der Waals surface area contributed by atoms with Crippen LogP contribution in [0, 0.1) is 5.82 Å². The molecule has 0 amide bonds. The van der Waals surface area contributed by atoms with Crippen LogP contribution in [0.4, 0.5) is 18.9 Å². The quantitative estimate of drug-likeness (QED) is 0.767. The van der Waals surface area contributed by atoms with Crippen molar-refractivity contribution in [3.63, 3.8) is 0 Å². The maximum absolute atomic E-state index is 14.7. The largest absolute Gasteiger partial charge is 0.367 e. The number of aromatic nitrogens is 1. The van der Waals surface area contributed by atoms with Gasteiger partial charge < -0.3 is 15.1 Å². The lowest BCUT2D eigenvalue weighted by atomic mass is 10.1. The van der Waals surface area contributed by atoms with Crippen molar-refractivity contribution in [2.24, 2.45) is 0 Å². The Labute approximate surface area is 164 Å². The number of hydrogen-bond acceptors (Lipinski definition) is 4. The Morgan fingerprint density at radius 2 is 1.86 bits per heavy atom. The van der Waals surface area contributed by atoms with Gasteiger partial charge in [0.05, 0.1) is 11.4 Å². The number of nitrogens with one attached hydrogen (secondary N) is 1. The zero-order valence-corrected chi connectivity index (χ0v) is 16.3. The molecule has 1 aliphatic rings. The van der Waals surface area contributed by atoms with Crippen LogP contribution in [0.25, 0.3) is 0 Å². The van der Waals surface area contributed by atoms with Crippen LogP contribution in [0.3, 0.4) is 0 Å². The first-order valence-electron chi connectivity index (χ1n) is 9.72. The lowest BCUT2D eigenvalue weighted by Crippen LogP contribution is -2.46. The smallest absolute Gasteiger partial charge is 0.280 e. The summed E-state index contributed by atoms with van der Waals surface area (Å²) >= 11 is 0. The van der Waals surface area contributed by atoms with Crippen molar-refractivity contribution in [3.05, 3.63) is 59.2 Å². The van der Waals surface area contributed by atoms with E-state index in [2.05, 4.69) is 27.0 Å². The van der Waals surface area contributed by atoms with E-state index in [1.807, 2.05) is 19.1 Å². The molecule has 0 aliphatic carbocycles.